The quantitative estimate of drug-likeness (QED) is 0.850. The van der Waals surface area contributed by atoms with Crippen LogP contribution in [0.4, 0.5) is 10.1 Å². The maximum Gasteiger partial charge on any atom is 0.279 e. The van der Waals surface area contributed by atoms with Crippen LogP contribution in [0, 0.1) is 5.82 Å². The molecule has 110 valence electrons. The van der Waals surface area contributed by atoms with Crippen LogP contribution in [0.3, 0.4) is 0 Å². The number of carbonyl (C=O) groups excluding carboxylic acids is 1. The van der Waals surface area contributed by atoms with Crippen LogP contribution in [0.2, 0.25) is 0 Å². The van der Waals surface area contributed by atoms with Gasteiger partial charge in [-0.05, 0) is 30.3 Å². The summed E-state index contributed by atoms with van der Waals surface area (Å²) < 4.78 is 14.5. The Morgan fingerprint density at radius 1 is 1.19 bits per heavy atom. The van der Waals surface area contributed by atoms with Crippen molar-refractivity contribution >= 4 is 27.5 Å². The molecule has 0 bridgehead atoms. The second kappa shape index (κ2) is 7.33. The number of nitrogens with one attached hydrogen (secondary N) is 2. The lowest BCUT2D eigenvalue weighted by molar-refractivity contribution is -0.885. The molecular weight excluding hydrogens is 335 g/mol. The van der Waals surface area contributed by atoms with Crippen molar-refractivity contribution in [2.75, 3.05) is 18.9 Å². The maximum atomic E-state index is 13.6. The lowest BCUT2D eigenvalue weighted by atomic mass is 10.2. The average Bonchev–Trinajstić information content (AvgIpc) is 2.44. The van der Waals surface area contributed by atoms with E-state index in [4.69, 9.17) is 0 Å². The van der Waals surface area contributed by atoms with Crippen molar-refractivity contribution in [3.8, 4) is 0 Å². The van der Waals surface area contributed by atoms with Gasteiger partial charge in [-0.15, -0.1) is 0 Å². The molecule has 2 aromatic carbocycles. The van der Waals surface area contributed by atoms with E-state index >= 15 is 0 Å². The van der Waals surface area contributed by atoms with Gasteiger partial charge in [-0.25, -0.2) is 4.39 Å². The topological polar surface area (TPSA) is 33.5 Å². The summed E-state index contributed by atoms with van der Waals surface area (Å²) in [6, 6.07) is 14.0. The zero-order valence-corrected chi connectivity index (χ0v) is 13.3. The van der Waals surface area contributed by atoms with Gasteiger partial charge in [0, 0.05) is 15.7 Å². The third kappa shape index (κ3) is 4.95. The lowest BCUT2D eigenvalue weighted by Gasteiger charge is -2.14. The monoisotopic (exact) mass is 351 g/mol. The van der Waals surface area contributed by atoms with Crippen molar-refractivity contribution in [1.29, 1.82) is 0 Å². The van der Waals surface area contributed by atoms with Gasteiger partial charge >= 0.3 is 0 Å². The molecule has 0 heterocycles. The van der Waals surface area contributed by atoms with Gasteiger partial charge in [0.05, 0.1) is 7.05 Å². The second-order valence-electron chi connectivity index (χ2n) is 4.96. The molecule has 1 atom stereocenters. The summed E-state index contributed by atoms with van der Waals surface area (Å²) in [5.74, 6) is -0.323. The Morgan fingerprint density at radius 3 is 2.52 bits per heavy atom. The van der Waals surface area contributed by atoms with Gasteiger partial charge in [0.25, 0.3) is 5.91 Å². The highest BCUT2D eigenvalue weighted by atomic mass is 79.9. The van der Waals surface area contributed by atoms with Crippen molar-refractivity contribution in [3.05, 3.63) is 64.4 Å². The molecule has 2 rings (SSSR count). The molecule has 0 spiro atoms. The fourth-order valence-electron chi connectivity index (χ4n) is 2.04. The van der Waals surface area contributed by atoms with Crippen LogP contribution in [0.5, 0.6) is 0 Å². The number of rotatable bonds is 5. The zero-order chi connectivity index (χ0) is 15.2. The normalized spacial score (nSPS) is 12.0. The highest BCUT2D eigenvalue weighted by Gasteiger charge is 2.12. The Kier molecular flexibility index (Phi) is 5.47. The lowest BCUT2D eigenvalue weighted by Crippen LogP contribution is -3.08. The van der Waals surface area contributed by atoms with E-state index in [1.54, 1.807) is 18.2 Å². The number of anilines is 1. The van der Waals surface area contributed by atoms with Gasteiger partial charge < -0.3 is 10.2 Å². The smallest absolute Gasteiger partial charge is 0.279 e. The molecule has 3 nitrogen and oxygen atoms in total. The van der Waals surface area contributed by atoms with E-state index in [0.717, 1.165) is 15.1 Å². The Labute approximate surface area is 131 Å². The fourth-order valence-corrected chi connectivity index (χ4v) is 2.31. The number of halogens is 2. The van der Waals surface area contributed by atoms with E-state index in [1.165, 1.54) is 6.07 Å². The van der Waals surface area contributed by atoms with Crippen LogP contribution in [0.1, 0.15) is 5.56 Å². The molecule has 0 aliphatic rings. The van der Waals surface area contributed by atoms with E-state index in [2.05, 4.69) is 21.2 Å². The number of likely N-dealkylation sites (N-methyl/N-ethyl adjacent to an activating group) is 1. The largest absolute Gasteiger partial charge is 0.326 e. The summed E-state index contributed by atoms with van der Waals surface area (Å²) in [4.78, 5) is 12.9. The minimum Gasteiger partial charge on any atom is -0.326 e. The number of hydrogen-bond acceptors (Lipinski definition) is 1. The van der Waals surface area contributed by atoms with Crippen LogP contribution in [-0.2, 0) is 11.3 Å². The van der Waals surface area contributed by atoms with Gasteiger partial charge in [-0.1, -0.05) is 34.1 Å². The van der Waals surface area contributed by atoms with Gasteiger partial charge in [-0.2, -0.15) is 0 Å². The predicted octanol–water partition coefficient (Wildman–Crippen LogP) is 2.24. The Morgan fingerprint density at radius 2 is 1.86 bits per heavy atom. The summed E-state index contributed by atoms with van der Waals surface area (Å²) in [5.41, 5.74) is 1.37. The van der Waals surface area contributed by atoms with E-state index in [9.17, 15) is 9.18 Å². The molecule has 1 unspecified atom stereocenters. The third-order valence-electron chi connectivity index (χ3n) is 3.04. The van der Waals surface area contributed by atoms with Crippen molar-refractivity contribution in [3.63, 3.8) is 0 Å². The Balaban J connectivity index is 1.87. The summed E-state index contributed by atoms with van der Waals surface area (Å²) >= 11 is 3.34. The highest BCUT2D eigenvalue weighted by molar-refractivity contribution is 9.10. The summed E-state index contributed by atoms with van der Waals surface area (Å²) in [6.07, 6.45) is 0. The van der Waals surface area contributed by atoms with Gasteiger partial charge in [0.15, 0.2) is 6.54 Å². The third-order valence-corrected chi connectivity index (χ3v) is 3.57. The highest BCUT2D eigenvalue weighted by Crippen LogP contribution is 2.13. The fraction of sp³-hybridized carbons (Fsp3) is 0.188. The molecular formula is C16H17BrFN2O+. The van der Waals surface area contributed by atoms with Crippen molar-refractivity contribution in [1.82, 2.24) is 0 Å². The summed E-state index contributed by atoms with van der Waals surface area (Å²) in [7, 11) is 1.87. The molecule has 0 aromatic heterocycles. The van der Waals surface area contributed by atoms with Gasteiger partial charge in [-0.3, -0.25) is 4.79 Å². The van der Waals surface area contributed by atoms with Gasteiger partial charge in [0.1, 0.15) is 12.4 Å². The van der Waals surface area contributed by atoms with Gasteiger partial charge in [0.2, 0.25) is 0 Å². The van der Waals surface area contributed by atoms with Crippen LogP contribution >= 0.6 is 15.9 Å². The standard InChI is InChI=1S/C16H16BrFN2O/c1-20(10-12-4-2-3-5-15(12)18)11-16(21)19-14-8-6-13(17)7-9-14/h2-9H,10-11H2,1H3,(H,19,21)/p+1. The molecule has 21 heavy (non-hydrogen) atoms. The Bertz CT molecular complexity index is 616. The van der Waals surface area contributed by atoms with Crippen LogP contribution in [0.25, 0.3) is 0 Å². The zero-order valence-electron chi connectivity index (χ0n) is 11.7. The SMILES string of the molecule is C[NH+](CC(=O)Nc1ccc(Br)cc1)Cc1ccccc1F. The minimum absolute atomic E-state index is 0.0915. The van der Waals surface area contributed by atoms with E-state index in [0.29, 0.717) is 12.1 Å². The maximum absolute atomic E-state index is 13.6. The van der Waals surface area contributed by atoms with Crippen molar-refractivity contribution in [2.45, 2.75) is 6.54 Å². The average molecular weight is 352 g/mol. The first-order valence-corrected chi connectivity index (χ1v) is 7.44. The van der Waals surface area contributed by atoms with Crippen LogP contribution in [0.15, 0.2) is 53.0 Å². The molecule has 0 fully saturated rings. The Hall–Kier alpha value is -1.72. The van der Waals surface area contributed by atoms with Crippen LogP contribution in [-0.4, -0.2) is 19.5 Å². The number of hydrogen-bond donors (Lipinski definition) is 2. The van der Waals surface area contributed by atoms with E-state index < -0.39 is 0 Å². The molecule has 0 saturated heterocycles. The summed E-state index contributed by atoms with van der Waals surface area (Å²) in [5, 5.41) is 2.83. The molecule has 0 aliphatic carbocycles. The van der Waals surface area contributed by atoms with Crippen LogP contribution < -0.4 is 10.2 Å². The predicted molar refractivity (Wildman–Crippen MR) is 84.6 cm³/mol. The molecule has 0 aliphatic heterocycles. The number of amides is 1. The number of benzene rings is 2. The van der Waals surface area contributed by atoms with E-state index in [-0.39, 0.29) is 18.3 Å². The first-order valence-electron chi connectivity index (χ1n) is 6.65. The second-order valence-corrected chi connectivity index (χ2v) is 5.87. The first-order chi connectivity index (χ1) is 10.0. The number of carbonyl (C=O) groups is 1. The summed E-state index contributed by atoms with van der Waals surface area (Å²) in [6.45, 7) is 0.755. The number of quaternary nitrogens is 1. The van der Waals surface area contributed by atoms with Crippen molar-refractivity contribution < 1.29 is 14.1 Å². The van der Waals surface area contributed by atoms with E-state index in [1.807, 2.05) is 31.3 Å². The molecule has 5 heteroatoms. The minimum atomic E-state index is -0.231. The molecule has 2 N–H and O–H groups in total. The molecule has 0 saturated carbocycles. The van der Waals surface area contributed by atoms with Crippen molar-refractivity contribution in [2.24, 2.45) is 0 Å². The molecule has 1 amide bonds. The molecule has 0 radical (unpaired) electrons. The first kappa shape index (κ1) is 15.7. The molecule has 2 aromatic rings.